The number of carbonyl (C=O) groups excluding carboxylic acids is 1. The first-order valence-corrected chi connectivity index (χ1v) is 7.12. The molecule has 19 heavy (non-hydrogen) atoms. The molecule has 0 spiro atoms. The number of nitrogens with one attached hydrogen (secondary N) is 1. The monoisotopic (exact) mass is 262 g/mol. The van der Waals surface area contributed by atoms with E-state index in [9.17, 15) is 4.79 Å². The van der Waals surface area contributed by atoms with E-state index in [0.29, 0.717) is 13.0 Å². The Morgan fingerprint density at radius 3 is 2.89 bits per heavy atom. The van der Waals surface area contributed by atoms with Crippen LogP contribution >= 0.6 is 0 Å². The minimum absolute atomic E-state index is 0.243. The molecule has 2 rings (SSSR count). The molecule has 0 bridgehead atoms. The smallest absolute Gasteiger partial charge is 0.224 e. The van der Waals surface area contributed by atoms with E-state index in [1.54, 1.807) is 6.33 Å². The van der Waals surface area contributed by atoms with Crippen molar-refractivity contribution in [3.63, 3.8) is 0 Å². The summed E-state index contributed by atoms with van der Waals surface area (Å²) in [7, 11) is 0. The summed E-state index contributed by atoms with van der Waals surface area (Å²) in [5.74, 6) is 1.06. The molecule has 5 heteroatoms. The molecule has 0 saturated carbocycles. The van der Waals surface area contributed by atoms with E-state index >= 15 is 0 Å². The lowest BCUT2D eigenvalue weighted by Gasteiger charge is -2.15. The predicted octanol–water partition coefficient (Wildman–Crippen LogP) is 1.85. The molecule has 2 heterocycles. The highest BCUT2D eigenvalue weighted by Crippen LogP contribution is 2.10. The van der Waals surface area contributed by atoms with Crippen molar-refractivity contribution in [2.45, 2.75) is 39.0 Å². The highest BCUT2D eigenvalue weighted by molar-refractivity contribution is 5.76. The second kappa shape index (κ2) is 7.07. The van der Waals surface area contributed by atoms with Gasteiger partial charge in [-0.3, -0.25) is 4.79 Å². The van der Waals surface area contributed by atoms with E-state index in [1.165, 1.54) is 0 Å². The van der Waals surface area contributed by atoms with Crippen LogP contribution in [0, 0.1) is 0 Å². The summed E-state index contributed by atoms with van der Waals surface area (Å²) in [6, 6.07) is 1.96. The van der Waals surface area contributed by atoms with Gasteiger partial charge in [0.15, 0.2) is 0 Å². The second-order valence-corrected chi connectivity index (χ2v) is 4.91. The molecular weight excluding hydrogens is 240 g/mol. The van der Waals surface area contributed by atoms with Crippen molar-refractivity contribution in [3.8, 4) is 0 Å². The maximum atomic E-state index is 11.9. The van der Waals surface area contributed by atoms with Gasteiger partial charge in [-0.15, -0.1) is 0 Å². The molecule has 5 nitrogen and oxygen atoms in total. The van der Waals surface area contributed by atoms with Crippen LogP contribution in [0.1, 0.15) is 38.3 Å². The first-order chi connectivity index (χ1) is 9.29. The van der Waals surface area contributed by atoms with Gasteiger partial charge in [0.1, 0.15) is 12.1 Å². The van der Waals surface area contributed by atoms with Crippen LogP contribution in [0.5, 0.6) is 0 Å². The molecule has 1 fully saturated rings. The minimum atomic E-state index is 0.243. The summed E-state index contributed by atoms with van der Waals surface area (Å²) in [4.78, 5) is 22.2. The molecule has 0 unspecified atom stereocenters. The Balaban J connectivity index is 1.75. The molecule has 1 aromatic heterocycles. The van der Waals surface area contributed by atoms with Crippen molar-refractivity contribution < 1.29 is 4.79 Å². The van der Waals surface area contributed by atoms with Crippen molar-refractivity contribution in [3.05, 3.63) is 18.1 Å². The molecule has 0 atom stereocenters. The lowest BCUT2D eigenvalue weighted by molar-refractivity contribution is -0.129. The average molecular weight is 262 g/mol. The van der Waals surface area contributed by atoms with Gasteiger partial charge < -0.3 is 10.2 Å². The highest BCUT2D eigenvalue weighted by Gasteiger charge is 2.16. The Labute approximate surface area is 114 Å². The van der Waals surface area contributed by atoms with E-state index in [2.05, 4.69) is 22.2 Å². The van der Waals surface area contributed by atoms with Crippen molar-refractivity contribution in [1.29, 1.82) is 0 Å². The van der Waals surface area contributed by atoms with Gasteiger partial charge in [0.25, 0.3) is 0 Å². The number of rotatable bonds is 6. The van der Waals surface area contributed by atoms with Crippen LogP contribution in [0.2, 0.25) is 0 Å². The van der Waals surface area contributed by atoms with Gasteiger partial charge in [0, 0.05) is 37.8 Å². The fraction of sp³-hybridized carbons (Fsp3) is 0.643. The molecule has 1 aromatic rings. The van der Waals surface area contributed by atoms with Crippen LogP contribution < -0.4 is 5.32 Å². The summed E-state index contributed by atoms with van der Waals surface area (Å²) in [5, 5.41) is 3.20. The fourth-order valence-electron chi connectivity index (χ4n) is 2.31. The third-order valence-electron chi connectivity index (χ3n) is 3.33. The number of amides is 1. The summed E-state index contributed by atoms with van der Waals surface area (Å²) in [6.45, 7) is 4.61. The van der Waals surface area contributed by atoms with Crippen molar-refractivity contribution in [2.24, 2.45) is 0 Å². The predicted molar refractivity (Wildman–Crippen MR) is 74.9 cm³/mol. The number of aromatic nitrogens is 2. The third-order valence-corrected chi connectivity index (χ3v) is 3.33. The molecule has 0 aliphatic carbocycles. The minimum Gasteiger partial charge on any atom is -0.369 e. The average Bonchev–Trinajstić information content (AvgIpc) is 2.93. The summed E-state index contributed by atoms with van der Waals surface area (Å²) >= 11 is 0. The Morgan fingerprint density at radius 1 is 1.37 bits per heavy atom. The standard InChI is InChI=1S/C14H22N4O/c1-2-5-12-10-13(17-11-16-12)15-7-6-14(19)18-8-3-4-9-18/h10-11H,2-9H2,1H3,(H,15,16,17). The topological polar surface area (TPSA) is 58.1 Å². The maximum Gasteiger partial charge on any atom is 0.224 e. The Bertz CT molecular complexity index is 416. The maximum absolute atomic E-state index is 11.9. The van der Waals surface area contributed by atoms with Gasteiger partial charge in [0.05, 0.1) is 0 Å². The summed E-state index contributed by atoms with van der Waals surface area (Å²) in [6.07, 6.45) is 6.44. The summed E-state index contributed by atoms with van der Waals surface area (Å²) in [5.41, 5.74) is 1.05. The SMILES string of the molecule is CCCc1cc(NCCC(=O)N2CCCC2)ncn1. The number of nitrogens with zero attached hydrogens (tertiary/aromatic N) is 3. The molecule has 1 aliphatic rings. The fourth-order valence-corrected chi connectivity index (χ4v) is 2.31. The van der Waals surface area contributed by atoms with Gasteiger partial charge in [-0.1, -0.05) is 13.3 Å². The quantitative estimate of drug-likeness (QED) is 0.850. The Hall–Kier alpha value is -1.65. The van der Waals surface area contributed by atoms with Crippen molar-refractivity contribution in [1.82, 2.24) is 14.9 Å². The molecule has 1 amide bonds. The first kappa shape index (κ1) is 13.8. The van der Waals surface area contributed by atoms with Crippen molar-refractivity contribution in [2.75, 3.05) is 25.0 Å². The lowest BCUT2D eigenvalue weighted by Crippen LogP contribution is -2.29. The van der Waals surface area contributed by atoms with Gasteiger partial charge in [-0.25, -0.2) is 9.97 Å². The van der Waals surface area contributed by atoms with Crippen LogP contribution in [0.4, 0.5) is 5.82 Å². The number of anilines is 1. The van der Waals surface area contributed by atoms with E-state index in [4.69, 9.17) is 0 Å². The van der Waals surface area contributed by atoms with Crippen LogP contribution in [0.25, 0.3) is 0 Å². The largest absolute Gasteiger partial charge is 0.369 e. The number of likely N-dealkylation sites (tertiary alicyclic amines) is 1. The zero-order valence-electron chi connectivity index (χ0n) is 11.6. The van der Waals surface area contributed by atoms with E-state index in [1.807, 2.05) is 11.0 Å². The zero-order chi connectivity index (χ0) is 13.5. The highest BCUT2D eigenvalue weighted by atomic mass is 16.2. The Morgan fingerprint density at radius 2 is 2.16 bits per heavy atom. The lowest BCUT2D eigenvalue weighted by atomic mass is 10.2. The Kier molecular flexibility index (Phi) is 5.12. The second-order valence-electron chi connectivity index (χ2n) is 4.91. The van der Waals surface area contributed by atoms with Crippen LogP contribution in [0.3, 0.4) is 0 Å². The molecule has 1 N–H and O–H groups in total. The van der Waals surface area contributed by atoms with E-state index < -0.39 is 0 Å². The van der Waals surface area contributed by atoms with E-state index in [0.717, 1.165) is 50.3 Å². The first-order valence-electron chi connectivity index (χ1n) is 7.12. The van der Waals surface area contributed by atoms with Gasteiger partial charge in [0.2, 0.25) is 5.91 Å². The molecule has 104 valence electrons. The van der Waals surface area contributed by atoms with Crippen LogP contribution in [-0.4, -0.2) is 40.4 Å². The number of carbonyl (C=O) groups is 1. The molecule has 1 aliphatic heterocycles. The van der Waals surface area contributed by atoms with Crippen LogP contribution in [0.15, 0.2) is 12.4 Å². The van der Waals surface area contributed by atoms with E-state index in [-0.39, 0.29) is 5.91 Å². The van der Waals surface area contributed by atoms with Gasteiger partial charge in [-0.2, -0.15) is 0 Å². The zero-order valence-corrected chi connectivity index (χ0v) is 11.6. The molecule has 0 radical (unpaired) electrons. The number of aryl methyl sites for hydroxylation is 1. The third kappa shape index (κ3) is 4.19. The molecule has 1 saturated heterocycles. The molecule has 0 aromatic carbocycles. The summed E-state index contributed by atoms with van der Waals surface area (Å²) < 4.78 is 0. The van der Waals surface area contributed by atoms with Gasteiger partial charge in [-0.05, 0) is 19.3 Å². The molecular formula is C14H22N4O. The van der Waals surface area contributed by atoms with Crippen molar-refractivity contribution >= 4 is 11.7 Å². The number of hydrogen-bond acceptors (Lipinski definition) is 4. The van der Waals surface area contributed by atoms with Crippen LogP contribution in [-0.2, 0) is 11.2 Å². The normalized spacial score (nSPS) is 14.7. The van der Waals surface area contributed by atoms with Gasteiger partial charge >= 0.3 is 0 Å². The number of hydrogen-bond donors (Lipinski definition) is 1.